The predicted molar refractivity (Wildman–Crippen MR) is 75.1 cm³/mol. The minimum absolute atomic E-state index is 0.0672. The Morgan fingerprint density at radius 2 is 2.05 bits per heavy atom. The van der Waals surface area contributed by atoms with E-state index in [-0.39, 0.29) is 10.7 Å². The topological polar surface area (TPSA) is 89.4 Å². The summed E-state index contributed by atoms with van der Waals surface area (Å²) in [7, 11) is 0. The highest BCUT2D eigenvalue weighted by Gasteiger charge is 2.21. The molecule has 106 valence electrons. The van der Waals surface area contributed by atoms with Crippen molar-refractivity contribution < 1.29 is 10.0 Å². The van der Waals surface area contributed by atoms with Gasteiger partial charge in [0.05, 0.1) is 17.1 Å². The lowest BCUT2D eigenvalue weighted by Gasteiger charge is -2.20. The molecule has 0 bridgehead atoms. The van der Waals surface area contributed by atoms with E-state index in [0.29, 0.717) is 17.9 Å². The van der Waals surface area contributed by atoms with E-state index in [4.69, 9.17) is 17.3 Å². The van der Waals surface area contributed by atoms with Gasteiger partial charge < -0.3 is 10.8 Å². The van der Waals surface area contributed by atoms with E-state index in [9.17, 15) is 15.2 Å². The van der Waals surface area contributed by atoms with Crippen LogP contribution < -0.4 is 5.73 Å². The fourth-order valence-corrected chi connectivity index (χ4v) is 1.97. The zero-order valence-corrected chi connectivity index (χ0v) is 11.8. The maximum Gasteiger partial charge on any atom is 0.288 e. The number of nitrogens with zero attached hydrogens (tertiary/aromatic N) is 1. The number of hydrogen-bond donors (Lipinski definition) is 2. The van der Waals surface area contributed by atoms with Crippen LogP contribution in [0.15, 0.2) is 18.2 Å². The number of aliphatic hydroxyl groups excluding tert-OH is 1. The average molecular weight is 287 g/mol. The standard InChI is InChI=1S/C13H19ClN2O3/c1-8(2)3-6-12(17)13(15)9-4-5-10(14)11(7-9)16(18)19/h4-5,7-8,12-13,17H,3,6,15H2,1-2H3/t12-,13+/m1/s1. The van der Waals surface area contributed by atoms with Gasteiger partial charge >= 0.3 is 0 Å². The second kappa shape index (κ2) is 6.84. The molecular formula is C13H19ClN2O3. The molecule has 5 nitrogen and oxygen atoms in total. The van der Waals surface area contributed by atoms with Gasteiger partial charge in [0, 0.05) is 6.07 Å². The van der Waals surface area contributed by atoms with Crippen molar-refractivity contribution in [3.63, 3.8) is 0 Å². The monoisotopic (exact) mass is 286 g/mol. The first-order valence-corrected chi connectivity index (χ1v) is 6.58. The highest BCUT2D eigenvalue weighted by atomic mass is 35.5. The Balaban J connectivity index is 2.84. The lowest BCUT2D eigenvalue weighted by atomic mass is 9.96. The molecule has 3 N–H and O–H groups in total. The van der Waals surface area contributed by atoms with E-state index in [2.05, 4.69) is 13.8 Å². The number of nitro benzene ring substituents is 1. The number of aliphatic hydroxyl groups is 1. The minimum atomic E-state index is -0.719. The zero-order valence-electron chi connectivity index (χ0n) is 11.0. The summed E-state index contributed by atoms with van der Waals surface area (Å²) in [5.41, 5.74) is 6.26. The molecule has 0 aliphatic heterocycles. The van der Waals surface area contributed by atoms with Gasteiger partial charge in [0.15, 0.2) is 0 Å². The van der Waals surface area contributed by atoms with Gasteiger partial charge in [0.25, 0.3) is 5.69 Å². The summed E-state index contributed by atoms with van der Waals surface area (Å²) in [5.74, 6) is 0.474. The quantitative estimate of drug-likeness (QED) is 0.621. The number of rotatable bonds is 6. The Hall–Kier alpha value is -1.17. The van der Waals surface area contributed by atoms with Crippen molar-refractivity contribution in [1.82, 2.24) is 0 Å². The van der Waals surface area contributed by atoms with Gasteiger partial charge in [-0.2, -0.15) is 0 Å². The third kappa shape index (κ3) is 4.45. The first-order chi connectivity index (χ1) is 8.82. The van der Waals surface area contributed by atoms with Crippen LogP contribution in [0.1, 0.15) is 38.3 Å². The van der Waals surface area contributed by atoms with Gasteiger partial charge in [-0.25, -0.2) is 0 Å². The Morgan fingerprint density at radius 1 is 1.42 bits per heavy atom. The smallest absolute Gasteiger partial charge is 0.288 e. The van der Waals surface area contributed by atoms with E-state index in [1.54, 1.807) is 6.07 Å². The molecule has 0 amide bonds. The summed E-state index contributed by atoms with van der Waals surface area (Å²) >= 11 is 5.73. The van der Waals surface area contributed by atoms with Crippen LogP contribution in [-0.4, -0.2) is 16.1 Å². The number of nitro groups is 1. The summed E-state index contributed by atoms with van der Waals surface area (Å²) in [6.07, 6.45) is 0.697. The summed E-state index contributed by atoms with van der Waals surface area (Å²) in [4.78, 5) is 10.2. The van der Waals surface area contributed by atoms with Crippen molar-refractivity contribution in [2.24, 2.45) is 11.7 Å². The van der Waals surface area contributed by atoms with E-state index in [1.807, 2.05) is 0 Å². The molecule has 0 saturated heterocycles. The van der Waals surface area contributed by atoms with E-state index >= 15 is 0 Å². The van der Waals surface area contributed by atoms with Crippen LogP contribution in [-0.2, 0) is 0 Å². The van der Waals surface area contributed by atoms with E-state index in [1.165, 1.54) is 12.1 Å². The highest BCUT2D eigenvalue weighted by Crippen LogP contribution is 2.29. The van der Waals surface area contributed by atoms with Crippen LogP contribution in [0.3, 0.4) is 0 Å². The average Bonchev–Trinajstić information content (AvgIpc) is 2.35. The molecular weight excluding hydrogens is 268 g/mol. The number of benzene rings is 1. The first-order valence-electron chi connectivity index (χ1n) is 6.20. The van der Waals surface area contributed by atoms with Crippen LogP contribution in [0.2, 0.25) is 5.02 Å². The van der Waals surface area contributed by atoms with Crippen LogP contribution in [0.4, 0.5) is 5.69 Å². The molecule has 1 aromatic carbocycles. The molecule has 1 rings (SSSR count). The van der Waals surface area contributed by atoms with E-state index < -0.39 is 17.1 Å². The van der Waals surface area contributed by atoms with Gasteiger partial charge in [-0.15, -0.1) is 0 Å². The first kappa shape index (κ1) is 15.9. The lowest BCUT2D eigenvalue weighted by Crippen LogP contribution is -2.26. The number of hydrogen-bond acceptors (Lipinski definition) is 4. The molecule has 0 spiro atoms. The molecule has 0 aliphatic carbocycles. The maximum absolute atomic E-state index is 10.8. The van der Waals surface area contributed by atoms with Gasteiger partial charge in [0.2, 0.25) is 0 Å². The van der Waals surface area contributed by atoms with Crippen LogP contribution in [0.5, 0.6) is 0 Å². The van der Waals surface area contributed by atoms with Crippen molar-refractivity contribution in [1.29, 1.82) is 0 Å². The molecule has 0 radical (unpaired) electrons. The van der Waals surface area contributed by atoms with Crippen LogP contribution >= 0.6 is 11.6 Å². The molecule has 0 fully saturated rings. The molecule has 0 saturated carbocycles. The summed E-state index contributed by atoms with van der Waals surface area (Å²) in [5, 5.41) is 20.9. The Kier molecular flexibility index (Phi) is 5.72. The normalized spacial score (nSPS) is 14.4. The minimum Gasteiger partial charge on any atom is -0.391 e. The fourth-order valence-electron chi connectivity index (χ4n) is 1.78. The fraction of sp³-hybridized carbons (Fsp3) is 0.538. The van der Waals surface area contributed by atoms with Gasteiger partial charge in [0.1, 0.15) is 5.02 Å². The van der Waals surface area contributed by atoms with Gasteiger partial charge in [-0.05, 0) is 30.4 Å². The molecule has 0 unspecified atom stereocenters. The molecule has 0 aliphatic rings. The Bertz CT molecular complexity index is 452. The molecule has 1 aromatic rings. The van der Waals surface area contributed by atoms with Crippen molar-refractivity contribution in [2.75, 3.05) is 0 Å². The summed E-state index contributed by atoms with van der Waals surface area (Å²) < 4.78 is 0. The van der Waals surface area contributed by atoms with Crippen molar-refractivity contribution in [3.05, 3.63) is 38.9 Å². The van der Waals surface area contributed by atoms with Gasteiger partial charge in [-0.1, -0.05) is 31.5 Å². The highest BCUT2D eigenvalue weighted by molar-refractivity contribution is 6.32. The number of nitrogens with two attached hydrogens (primary N) is 1. The van der Waals surface area contributed by atoms with Crippen molar-refractivity contribution in [2.45, 2.75) is 38.8 Å². The summed E-state index contributed by atoms with van der Waals surface area (Å²) in [6, 6.07) is 3.73. The Morgan fingerprint density at radius 3 is 2.58 bits per heavy atom. The SMILES string of the molecule is CC(C)CC[C@@H](O)[C@@H](N)c1ccc(Cl)c([N+](=O)[O-])c1. The van der Waals surface area contributed by atoms with Crippen molar-refractivity contribution in [3.8, 4) is 0 Å². The molecule has 2 atom stereocenters. The Labute approximate surface area is 117 Å². The molecule has 19 heavy (non-hydrogen) atoms. The second-order valence-electron chi connectivity index (χ2n) is 5.03. The van der Waals surface area contributed by atoms with Crippen LogP contribution in [0, 0.1) is 16.0 Å². The maximum atomic E-state index is 10.8. The lowest BCUT2D eigenvalue weighted by molar-refractivity contribution is -0.384. The third-order valence-corrected chi connectivity index (χ3v) is 3.33. The summed E-state index contributed by atoms with van der Waals surface area (Å²) in [6.45, 7) is 4.12. The largest absolute Gasteiger partial charge is 0.391 e. The van der Waals surface area contributed by atoms with E-state index in [0.717, 1.165) is 6.42 Å². The second-order valence-corrected chi connectivity index (χ2v) is 5.44. The third-order valence-electron chi connectivity index (χ3n) is 3.01. The molecule has 0 aromatic heterocycles. The zero-order chi connectivity index (χ0) is 14.6. The van der Waals surface area contributed by atoms with Crippen LogP contribution in [0.25, 0.3) is 0 Å². The van der Waals surface area contributed by atoms with Gasteiger partial charge in [-0.3, -0.25) is 10.1 Å². The molecule has 0 heterocycles. The van der Waals surface area contributed by atoms with Crippen molar-refractivity contribution >= 4 is 17.3 Å². The number of halogens is 1. The predicted octanol–water partition coefficient (Wildman–Crippen LogP) is 3.05. The molecule has 6 heteroatoms.